The van der Waals surface area contributed by atoms with Crippen LogP contribution in [0.4, 0.5) is 0 Å². The molecule has 2 rings (SSSR count). The van der Waals surface area contributed by atoms with Crippen LogP contribution in [0.1, 0.15) is 16.8 Å². The van der Waals surface area contributed by atoms with Crippen molar-refractivity contribution < 1.29 is 14.6 Å². The fourth-order valence-corrected chi connectivity index (χ4v) is 2.82. The van der Waals surface area contributed by atoms with Crippen LogP contribution in [0.3, 0.4) is 0 Å². The highest BCUT2D eigenvalue weighted by atomic mass is 32.2. The number of aromatic carboxylic acids is 1. The van der Waals surface area contributed by atoms with Gasteiger partial charge in [-0.1, -0.05) is 23.9 Å². The summed E-state index contributed by atoms with van der Waals surface area (Å²) >= 11 is 2.99. The van der Waals surface area contributed by atoms with Crippen LogP contribution in [0, 0.1) is 0 Å². The third kappa shape index (κ3) is 4.22. The van der Waals surface area contributed by atoms with Crippen LogP contribution in [0.15, 0.2) is 34.9 Å². The van der Waals surface area contributed by atoms with Gasteiger partial charge in [0.1, 0.15) is 17.6 Å². The van der Waals surface area contributed by atoms with Crippen LogP contribution < -0.4 is 4.74 Å². The first-order valence-corrected chi connectivity index (χ1v) is 7.38. The summed E-state index contributed by atoms with van der Waals surface area (Å²) in [6, 6.07) is 6.65. The lowest BCUT2D eigenvalue weighted by atomic mass is 10.2. The van der Waals surface area contributed by atoms with Crippen molar-refractivity contribution in [2.45, 2.75) is 10.8 Å². The largest absolute Gasteiger partial charge is 0.493 e. The number of nitrogens with zero attached hydrogens (tertiary/aromatic N) is 2. The maximum atomic E-state index is 11.0. The summed E-state index contributed by atoms with van der Waals surface area (Å²) < 4.78 is 10.3. The number of carboxylic acid groups (broad SMARTS) is 1. The summed E-state index contributed by atoms with van der Waals surface area (Å²) in [5.74, 6) is 0.305. The van der Waals surface area contributed by atoms with Crippen molar-refractivity contribution in [1.29, 1.82) is 0 Å². The monoisotopic (exact) mass is 296 g/mol. The van der Waals surface area contributed by atoms with E-state index in [-0.39, 0.29) is 5.56 Å². The van der Waals surface area contributed by atoms with Crippen molar-refractivity contribution in [3.05, 3.63) is 36.2 Å². The summed E-state index contributed by atoms with van der Waals surface area (Å²) in [4.78, 5) is 15.0. The highest BCUT2D eigenvalue weighted by Gasteiger charge is 2.09. The fraction of sp³-hybridized carbons (Fsp3) is 0.250. The average Bonchev–Trinajstić information content (AvgIpc) is 2.92. The summed E-state index contributed by atoms with van der Waals surface area (Å²) in [7, 11) is 0. The van der Waals surface area contributed by atoms with E-state index in [9.17, 15) is 4.79 Å². The quantitative estimate of drug-likeness (QED) is 0.625. The molecular formula is C12H12N2O3S2. The van der Waals surface area contributed by atoms with Gasteiger partial charge in [0, 0.05) is 5.75 Å². The lowest BCUT2D eigenvalue weighted by Crippen LogP contribution is -2.04. The zero-order chi connectivity index (χ0) is 13.5. The van der Waals surface area contributed by atoms with E-state index in [1.807, 2.05) is 0 Å². The number of ether oxygens (including phenoxy) is 1. The zero-order valence-electron chi connectivity index (χ0n) is 9.98. The first-order valence-electron chi connectivity index (χ1n) is 5.62. The Bertz CT molecular complexity index is 532. The van der Waals surface area contributed by atoms with Crippen LogP contribution >= 0.6 is 23.3 Å². The number of carbonyl (C=O) groups is 1. The number of para-hydroxylation sites is 1. The van der Waals surface area contributed by atoms with Gasteiger partial charge in [0.05, 0.1) is 6.61 Å². The molecule has 0 unspecified atom stereocenters. The number of benzene rings is 1. The van der Waals surface area contributed by atoms with E-state index in [2.05, 4.69) is 9.36 Å². The molecule has 0 radical (unpaired) electrons. The number of aromatic nitrogens is 2. The van der Waals surface area contributed by atoms with Crippen molar-refractivity contribution in [3.8, 4) is 5.75 Å². The first-order chi connectivity index (χ1) is 9.27. The van der Waals surface area contributed by atoms with E-state index in [1.165, 1.54) is 23.9 Å². The Labute approximate surface area is 118 Å². The summed E-state index contributed by atoms with van der Waals surface area (Å²) in [5, 5.41) is 9.00. The Hall–Kier alpha value is -1.60. The number of thioether (sulfide) groups is 1. The molecular weight excluding hydrogens is 284 g/mol. The van der Waals surface area contributed by atoms with E-state index < -0.39 is 5.97 Å². The third-order valence-corrected chi connectivity index (χ3v) is 4.11. The normalized spacial score (nSPS) is 10.3. The minimum absolute atomic E-state index is 0.194. The molecule has 1 N–H and O–H groups in total. The first kappa shape index (κ1) is 13.8. The molecule has 100 valence electrons. The molecule has 0 spiro atoms. The molecule has 1 heterocycles. The predicted octanol–water partition coefficient (Wildman–Crippen LogP) is 2.80. The van der Waals surface area contributed by atoms with Gasteiger partial charge in [-0.3, -0.25) is 0 Å². The second-order valence-electron chi connectivity index (χ2n) is 3.56. The standard InChI is InChI=1S/C12H12N2O3S2/c15-11(16)9-4-1-2-5-10(9)17-6-3-7-18-12-13-8-14-19-12/h1-2,4-5,8H,3,6-7H2,(H,15,16). The molecule has 0 saturated carbocycles. The van der Waals surface area contributed by atoms with Gasteiger partial charge in [-0.05, 0) is 30.1 Å². The Balaban J connectivity index is 1.75. The molecule has 1 aromatic carbocycles. The predicted molar refractivity (Wildman–Crippen MR) is 74.1 cm³/mol. The maximum absolute atomic E-state index is 11.0. The van der Waals surface area contributed by atoms with Gasteiger partial charge in [0.15, 0.2) is 4.34 Å². The highest BCUT2D eigenvalue weighted by molar-refractivity contribution is 8.00. The molecule has 0 aliphatic rings. The maximum Gasteiger partial charge on any atom is 0.339 e. The smallest absolute Gasteiger partial charge is 0.339 e. The molecule has 19 heavy (non-hydrogen) atoms. The molecule has 5 nitrogen and oxygen atoms in total. The minimum atomic E-state index is -0.973. The molecule has 0 aliphatic carbocycles. The van der Waals surface area contributed by atoms with Crippen molar-refractivity contribution in [1.82, 2.24) is 9.36 Å². The Morgan fingerprint density at radius 2 is 2.26 bits per heavy atom. The summed E-state index contributed by atoms with van der Waals surface area (Å²) in [6.45, 7) is 0.482. The van der Waals surface area contributed by atoms with Gasteiger partial charge in [0.25, 0.3) is 0 Å². The molecule has 0 aliphatic heterocycles. The molecule has 2 aromatic rings. The number of rotatable bonds is 7. The van der Waals surface area contributed by atoms with E-state index in [0.717, 1.165) is 16.5 Å². The SMILES string of the molecule is O=C(O)c1ccccc1OCCCSc1ncns1. The van der Waals surface area contributed by atoms with Gasteiger partial charge < -0.3 is 9.84 Å². The van der Waals surface area contributed by atoms with E-state index >= 15 is 0 Å². The van der Waals surface area contributed by atoms with Crippen molar-refractivity contribution in [2.24, 2.45) is 0 Å². The van der Waals surface area contributed by atoms with Crippen LogP contribution in [0.25, 0.3) is 0 Å². The molecule has 0 atom stereocenters. The average molecular weight is 296 g/mol. The second-order valence-corrected chi connectivity index (χ2v) is 5.68. The summed E-state index contributed by atoms with van der Waals surface area (Å²) in [5.41, 5.74) is 0.194. The molecule has 1 aromatic heterocycles. The lowest BCUT2D eigenvalue weighted by molar-refractivity contribution is 0.0692. The highest BCUT2D eigenvalue weighted by Crippen LogP contribution is 2.20. The van der Waals surface area contributed by atoms with E-state index in [0.29, 0.717) is 12.4 Å². The molecule has 0 amide bonds. The van der Waals surface area contributed by atoms with Crippen molar-refractivity contribution in [3.63, 3.8) is 0 Å². The van der Waals surface area contributed by atoms with E-state index in [1.54, 1.807) is 30.0 Å². The van der Waals surface area contributed by atoms with Crippen LogP contribution in [0.2, 0.25) is 0 Å². The fourth-order valence-electron chi connectivity index (χ4n) is 1.40. The third-order valence-electron chi connectivity index (χ3n) is 2.23. The van der Waals surface area contributed by atoms with Gasteiger partial charge in [0.2, 0.25) is 0 Å². The van der Waals surface area contributed by atoms with Gasteiger partial charge in [-0.15, -0.1) is 0 Å². The van der Waals surface area contributed by atoms with Gasteiger partial charge in [-0.25, -0.2) is 9.78 Å². The molecule has 0 fully saturated rings. The Morgan fingerprint density at radius 1 is 1.42 bits per heavy atom. The Morgan fingerprint density at radius 3 is 3.00 bits per heavy atom. The minimum Gasteiger partial charge on any atom is -0.493 e. The lowest BCUT2D eigenvalue weighted by Gasteiger charge is -2.08. The zero-order valence-corrected chi connectivity index (χ0v) is 11.6. The van der Waals surface area contributed by atoms with Gasteiger partial charge in [-0.2, -0.15) is 4.37 Å². The molecule has 7 heteroatoms. The van der Waals surface area contributed by atoms with Crippen LogP contribution in [0.5, 0.6) is 5.75 Å². The second kappa shape index (κ2) is 7.10. The Kier molecular flexibility index (Phi) is 5.17. The van der Waals surface area contributed by atoms with Crippen LogP contribution in [-0.4, -0.2) is 32.8 Å². The van der Waals surface area contributed by atoms with Crippen molar-refractivity contribution >= 4 is 29.3 Å². The van der Waals surface area contributed by atoms with Crippen LogP contribution in [-0.2, 0) is 0 Å². The summed E-state index contributed by atoms with van der Waals surface area (Å²) in [6.07, 6.45) is 2.35. The number of hydrogen-bond acceptors (Lipinski definition) is 6. The number of carboxylic acids is 1. The van der Waals surface area contributed by atoms with E-state index in [4.69, 9.17) is 9.84 Å². The topological polar surface area (TPSA) is 72.3 Å². The van der Waals surface area contributed by atoms with Crippen molar-refractivity contribution in [2.75, 3.05) is 12.4 Å². The molecule has 0 saturated heterocycles. The van der Waals surface area contributed by atoms with Gasteiger partial charge >= 0.3 is 5.97 Å². The number of hydrogen-bond donors (Lipinski definition) is 1. The molecule has 0 bridgehead atoms.